The monoisotopic (exact) mass is 210 g/mol. The molecule has 0 bridgehead atoms. The Morgan fingerprint density at radius 1 is 1.40 bits per heavy atom. The predicted molar refractivity (Wildman–Crippen MR) is 61.5 cm³/mol. The zero-order valence-corrected chi connectivity index (χ0v) is 9.87. The van der Waals surface area contributed by atoms with Crippen molar-refractivity contribution in [1.82, 2.24) is 0 Å². The van der Waals surface area contributed by atoms with E-state index in [0.29, 0.717) is 5.92 Å². The summed E-state index contributed by atoms with van der Waals surface area (Å²) < 4.78 is 4.55. The second-order valence-electron chi connectivity index (χ2n) is 4.39. The molecule has 2 nitrogen and oxygen atoms in total. The summed E-state index contributed by atoms with van der Waals surface area (Å²) in [5.41, 5.74) is 0. The molecule has 0 saturated heterocycles. The summed E-state index contributed by atoms with van der Waals surface area (Å²) >= 11 is 0. The van der Waals surface area contributed by atoms with Crippen LogP contribution in [0.25, 0.3) is 0 Å². The summed E-state index contributed by atoms with van der Waals surface area (Å²) in [4.78, 5) is 10.8. The van der Waals surface area contributed by atoms with Crippen LogP contribution in [0.4, 0.5) is 0 Å². The molecular weight excluding hydrogens is 188 g/mol. The van der Waals surface area contributed by atoms with E-state index in [1.54, 1.807) is 6.08 Å². The van der Waals surface area contributed by atoms with E-state index in [4.69, 9.17) is 0 Å². The molecule has 0 spiro atoms. The van der Waals surface area contributed by atoms with E-state index in [0.717, 1.165) is 5.92 Å². The van der Waals surface area contributed by atoms with E-state index in [9.17, 15) is 4.79 Å². The van der Waals surface area contributed by atoms with E-state index in [2.05, 4.69) is 11.7 Å². The number of rotatable bonds is 7. The topological polar surface area (TPSA) is 26.3 Å². The Morgan fingerprint density at radius 3 is 2.87 bits per heavy atom. The molecule has 0 aromatic rings. The fourth-order valence-corrected chi connectivity index (χ4v) is 1.94. The minimum Gasteiger partial charge on any atom is -0.466 e. The number of hydrogen-bond donors (Lipinski definition) is 0. The van der Waals surface area contributed by atoms with Crippen molar-refractivity contribution < 1.29 is 9.53 Å². The number of unbranched alkanes of at least 4 members (excludes halogenated alkanes) is 3. The van der Waals surface area contributed by atoms with Crippen molar-refractivity contribution in [3.8, 4) is 0 Å². The van der Waals surface area contributed by atoms with Crippen molar-refractivity contribution in [2.75, 3.05) is 7.11 Å². The Morgan fingerprint density at radius 2 is 2.20 bits per heavy atom. The van der Waals surface area contributed by atoms with E-state index in [1.165, 1.54) is 45.6 Å². The number of esters is 1. The number of methoxy groups -OCH3 is 1. The van der Waals surface area contributed by atoms with Gasteiger partial charge in [-0.2, -0.15) is 0 Å². The second kappa shape index (κ2) is 6.65. The lowest BCUT2D eigenvalue weighted by Crippen LogP contribution is -1.93. The summed E-state index contributed by atoms with van der Waals surface area (Å²) in [6, 6.07) is 0. The maximum absolute atomic E-state index is 10.8. The van der Waals surface area contributed by atoms with E-state index in [-0.39, 0.29) is 5.97 Å². The van der Waals surface area contributed by atoms with Crippen LogP contribution in [0.1, 0.15) is 45.4 Å². The lowest BCUT2D eigenvalue weighted by Gasteiger charge is -1.97. The average molecular weight is 210 g/mol. The minimum atomic E-state index is -0.230. The van der Waals surface area contributed by atoms with Crippen LogP contribution in [0.2, 0.25) is 0 Å². The lowest BCUT2D eigenvalue weighted by molar-refractivity contribution is -0.134. The molecule has 0 aromatic carbocycles. The molecule has 1 aliphatic carbocycles. The molecule has 2 unspecified atom stereocenters. The van der Waals surface area contributed by atoms with Gasteiger partial charge in [0.15, 0.2) is 0 Å². The first kappa shape index (κ1) is 12.3. The van der Waals surface area contributed by atoms with Gasteiger partial charge in [0.2, 0.25) is 0 Å². The fraction of sp³-hybridized carbons (Fsp3) is 0.769. The molecule has 2 heteroatoms. The highest BCUT2D eigenvalue weighted by Gasteiger charge is 2.33. The van der Waals surface area contributed by atoms with Crippen LogP contribution in [0, 0.1) is 11.8 Å². The highest BCUT2D eigenvalue weighted by atomic mass is 16.5. The average Bonchev–Trinajstić information content (AvgIpc) is 3.00. The number of hydrogen-bond acceptors (Lipinski definition) is 2. The fourth-order valence-electron chi connectivity index (χ4n) is 1.94. The Balaban J connectivity index is 2.02. The van der Waals surface area contributed by atoms with Crippen molar-refractivity contribution in [2.24, 2.45) is 11.8 Å². The Labute approximate surface area is 92.7 Å². The molecule has 0 amide bonds. The molecule has 86 valence electrons. The van der Waals surface area contributed by atoms with Crippen molar-refractivity contribution >= 4 is 5.97 Å². The molecule has 0 radical (unpaired) electrons. The Kier molecular flexibility index (Phi) is 5.44. The Bertz CT molecular complexity index is 221. The van der Waals surface area contributed by atoms with Gasteiger partial charge in [-0.15, -0.1) is 0 Å². The van der Waals surface area contributed by atoms with Crippen molar-refractivity contribution in [1.29, 1.82) is 0 Å². The van der Waals surface area contributed by atoms with Crippen LogP contribution in [0.5, 0.6) is 0 Å². The van der Waals surface area contributed by atoms with Gasteiger partial charge in [0.1, 0.15) is 0 Å². The molecule has 15 heavy (non-hydrogen) atoms. The second-order valence-corrected chi connectivity index (χ2v) is 4.39. The number of allylic oxidation sites excluding steroid dienone is 1. The van der Waals surface area contributed by atoms with Gasteiger partial charge in [-0.1, -0.05) is 38.7 Å². The summed E-state index contributed by atoms with van der Waals surface area (Å²) in [5.74, 6) is 1.25. The Hall–Kier alpha value is -0.790. The maximum Gasteiger partial charge on any atom is 0.330 e. The predicted octanol–water partition coefficient (Wildman–Crippen LogP) is 3.32. The molecule has 0 N–H and O–H groups in total. The van der Waals surface area contributed by atoms with Crippen LogP contribution < -0.4 is 0 Å². The lowest BCUT2D eigenvalue weighted by atomic mass is 10.1. The van der Waals surface area contributed by atoms with Crippen LogP contribution in [-0.4, -0.2) is 13.1 Å². The van der Waals surface area contributed by atoms with Crippen LogP contribution in [0.15, 0.2) is 12.2 Å². The number of carbonyl (C=O) groups is 1. The molecule has 1 aliphatic rings. The van der Waals surface area contributed by atoms with Gasteiger partial charge >= 0.3 is 5.97 Å². The number of ether oxygens (including phenoxy) is 1. The normalized spacial score (nSPS) is 24.4. The molecule has 1 rings (SSSR count). The summed E-state index contributed by atoms with van der Waals surface area (Å²) in [6.07, 6.45) is 11.5. The SMILES string of the molecule is CCCCCCC1CC1/C=C/C(=O)OC. The molecular formula is C13H22O2. The minimum absolute atomic E-state index is 0.230. The van der Waals surface area contributed by atoms with Crippen molar-refractivity contribution in [3.63, 3.8) is 0 Å². The van der Waals surface area contributed by atoms with Crippen LogP contribution in [0.3, 0.4) is 0 Å². The molecule has 0 aromatic heterocycles. The summed E-state index contributed by atoms with van der Waals surface area (Å²) in [7, 11) is 1.42. The maximum atomic E-state index is 10.8. The molecule has 2 atom stereocenters. The first-order valence-corrected chi connectivity index (χ1v) is 6.04. The first-order valence-electron chi connectivity index (χ1n) is 6.04. The summed E-state index contributed by atoms with van der Waals surface area (Å²) in [6.45, 7) is 2.24. The number of carbonyl (C=O) groups excluding carboxylic acids is 1. The largest absolute Gasteiger partial charge is 0.466 e. The van der Waals surface area contributed by atoms with Gasteiger partial charge in [0, 0.05) is 6.08 Å². The first-order chi connectivity index (χ1) is 7.27. The quantitative estimate of drug-likeness (QED) is 0.366. The third-order valence-corrected chi connectivity index (χ3v) is 3.09. The molecule has 1 saturated carbocycles. The third-order valence-electron chi connectivity index (χ3n) is 3.09. The van der Waals surface area contributed by atoms with Crippen LogP contribution >= 0.6 is 0 Å². The molecule has 0 heterocycles. The van der Waals surface area contributed by atoms with Crippen LogP contribution in [-0.2, 0) is 9.53 Å². The standard InChI is InChI=1S/C13H22O2/c1-3-4-5-6-7-11-10-12(11)8-9-13(14)15-2/h8-9,11-12H,3-7,10H2,1-2H3/b9-8+. The van der Waals surface area contributed by atoms with E-state index >= 15 is 0 Å². The van der Waals surface area contributed by atoms with Crippen molar-refractivity contribution in [3.05, 3.63) is 12.2 Å². The molecule has 0 aliphatic heterocycles. The zero-order valence-electron chi connectivity index (χ0n) is 9.87. The van der Waals surface area contributed by atoms with Gasteiger partial charge in [-0.3, -0.25) is 0 Å². The van der Waals surface area contributed by atoms with Gasteiger partial charge in [-0.25, -0.2) is 4.79 Å². The van der Waals surface area contributed by atoms with Gasteiger partial charge in [0.25, 0.3) is 0 Å². The van der Waals surface area contributed by atoms with Crippen molar-refractivity contribution in [2.45, 2.75) is 45.4 Å². The highest BCUT2D eigenvalue weighted by molar-refractivity contribution is 5.81. The van der Waals surface area contributed by atoms with E-state index in [1.807, 2.05) is 6.08 Å². The third kappa shape index (κ3) is 5.01. The zero-order chi connectivity index (χ0) is 11.1. The summed E-state index contributed by atoms with van der Waals surface area (Å²) in [5, 5.41) is 0. The smallest absolute Gasteiger partial charge is 0.330 e. The van der Waals surface area contributed by atoms with Gasteiger partial charge < -0.3 is 4.74 Å². The van der Waals surface area contributed by atoms with Gasteiger partial charge in [0.05, 0.1) is 7.11 Å². The molecule has 1 fully saturated rings. The highest BCUT2D eigenvalue weighted by Crippen LogP contribution is 2.43. The van der Waals surface area contributed by atoms with Gasteiger partial charge in [-0.05, 0) is 24.7 Å². The van der Waals surface area contributed by atoms with E-state index < -0.39 is 0 Å².